The van der Waals surface area contributed by atoms with Crippen molar-refractivity contribution in [3.05, 3.63) is 53.0 Å². The monoisotopic (exact) mass is 449 g/mol. The Kier molecular flexibility index (Phi) is 5.59. The van der Waals surface area contributed by atoms with Crippen LogP contribution in [0.3, 0.4) is 0 Å². The van der Waals surface area contributed by atoms with Gasteiger partial charge in [-0.25, -0.2) is 15.0 Å². The molecule has 2 aliphatic rings. The molecule has 3 aromatic heterocycles. The van der Waals surface area contributed by atoms with Crippen LogP contribution in [0.15, 0.2) is 30.6 Å². The van der Waals surface area contributed by atoms with Crippen molar-refractivity contribution in [2.75, 3.05) is 18.9 Å². The Balaban J connectivity index is 1.49. The van der Waals surface area contributed by atoms with Gasteiger partial charge in [0.2, 0.25) is 5.88 Å². The van der Waals surface area contributed by atoms with Gasteiger partial charge in [0.25, 0.3) is 5.91 Å². The summed E-state index contributed by atoms with van der Waals surface area (Å²) in [5.41, 5.74) is 9.83. The maximum absolute atomic E-state index is 13.7. The molecule has 2 N–H and O–H groups in total. The van der Waals surface area contributed by atoms with Crippen molar-refractivity contribution < 1.29 is 19.0 Å². The van der Waals surface area contributed by atoms with Crippen LogP contribution in [0.1, 0.15) is 54.0 Å². The summed E-state index contributed by atoms with van der Waals surface area (Å²) in [6.07, 6.45) is 3.39. The molecular formula is C24H27N5O4. The molecule has 33 heavy (non-hydrogen) atoms. The minimum atomic E-state index is -0.280. The van der Waals surface area contributed by atoms with Gasteiger partial charge in [-0.2, -0.15) is 0 Å². The number of morpholine rings is 1. The fourth-order valence-corrected chi connectivity index (χ4v) is 4.44. The summed E-state index contributed by atoms with van der Waals surface area (Å²) in [6, 6.07) is 5.15. The van der Waals surface area contributed by atoms with Crippen LogP contribution >= 0.6 is 0 Å². The van der Waals surface area contributed by atoms with E-state index < -0.39 is 0 Å². The van der Waals surface area contributed by atoms with E-state index >= 15 is 0 Å². The third-order valence-electron chi connectivity index (χ3n) is 6.01. The highest BCUT2D eigenvalue weighted by molar-refractivity contribution is 5.97. The zero-order chi connectivity index (χ0) is 23.1. The highest BCUT2D eigenvalue weighted by atomic mass is 16.5. The number of nitrogens with two attached hydrogens (primary N) is 1. The number of hydrogen-bond donors (Lipinski definition) is 1. The fraction of sp³-hybridized carbons (Fsp3) is 0.417. The molecule has 0 unspecified atom stereocenters. The van der Waals surface area contributed by atoms with Crippen LogP contribution in [0, 0.1) is 0 Å². The highest BCUT2D eigenvalue weighted by Gasteiger charge is 2.35. The molecule has 172 valence electrons. The number of carbonyl (C=O) groups is 1. The van der Waals surface area contributed by atoms with Gasteiger partial charge in [-0.1, -0.05) is 0 Å². The first-order valence-corrected chi connectivity index (χ1v) is 11.1. The first-order valence-electron chi connectivity index (χ1n) is 11.1. The molecule has 5 rings (SSSR count). The van der Waals surface area contributed by atoms with Crippen LogP contribution in [0.2, 0.25) is 0 Å². The second-order valence-corrected chi connectivity index (χ2v) is 8.74. The molecule has 0 spiro atoms. The van der Waals surface area contributed by atoms with Gasteiger partial charge < -0.3 is 24.8 Å². The highest BCUT2D eigenvalue weighted by Crippen LogP contribution is 2.33. The molecule has 1 fully saturated rings. The van der Waals surface area contributed by atoms with E-state index in [2.05, 4.69) is 15.0 Å². The normalized spacial score (nSPS) is 20.3. The molecule has 0 bridgehead atoms. The van der Waals surface area contributed by atoms with E-state index in [0.29, 0.717) is 49.3 Å². The van der Waals surface area contributed by atoms with E-state index in [1.54, 1.807) is 18.5 Å². The number of rotatable bonds is 4. The predicted molar refractivity (Wildman–Crippen MR) is 122 cm³/mol. The quantitative estimate of drug-likeness (QED) is 0.647. The summed E-state index contributed by atoms with van der Waals surface area (Å²) in [6.45, 7) is 7.60. The number of pyridine rings is 3. The van der Waals surface area contributed by atoms with Gasteiger partial charge in [-0.05, 0) is 44.0 Å². The van der Waals surface area contributed by atoms with Crippen molar-refractivity contribution in [3.63, 3.8) is 0 Å². The summed E-state index contributed by atoms with van der Waals surface area (Å²) in [7, 11) is 0. The third-order valence-corrected chi connectivity index (χ3v) is 6.01. The van der Waals surface area contributed by atoms with E-state index in [4.69, 9.17) is 19.9 Å². The van der Waals surface area contributed by atoms with Crippen molar-refractivity contribution in [1.29, 1.82) is 0 Å². The lowest BCUT2D eigenvalue weighted by Gasteiger charge is -2.40. The van der Waals surface area contributed by atoms with E-state index in [1.165, 1.54) is 0 Å². The lowest BCUT2D eigenvalue weighted by molar-refractivity contribution is -0.0319. The topological polar surface area (TPSA) is 113 Å². The smallest absolute Gasteiger partial charge is 0.273 e. The van der Waals surface area contributed by atoms with Gasteiger partial charge in [-0.3, -0.25) is 4.79 Å². The number of fused-ring (bicyclic) bond motifs is 3. The van der Waals surface area contributed by atoms with Gasteiger partial charge in [0.1, 0.15) is 11.5 Å². The van der Waals surface area contributed by atoms with Crippen LogP contribution in [0.25, 0.3) is 10.9 Å². The van der Waals surface area contributed by atoms with Crippen molar-refractivity contribution >= 4 is 22.6 Å². The molecule has 0 aliphatic carbocycles. The Morgan fingerprint density at radius 2 is 1.97 bits per heavy atom. The van der Waals surface area contributed by atoms with Crippen molar-refractivity contribution in [3.8, 4) is 5.88 Å². The number of aromatic nitrogens is 3. The predicted octanol–water partition coefficient (Wildman–Crippen LogP) is 3.03. The van der Waals surface area contributed by atoms with Crippen LogP contribution in [-0.4, -0.2) is 51.1 Å². The van der Waals surface area contributed by atoms with E-state index in [-0.39, 0.29) is 24.1 Å². The lowest BCUT2D eigenvalue weighted by Crippen LogP contribution is -2.49. The zero-order valence-corrected chi connectivity index (χ0v) is 18.9. The summed E-state index contributed by atoms with van der Waals surface area (Å²) in [5, 5.41) is 0.851. The van der Waals surface area contributed by atoms with Crippen LogP contribution in [0.4, 0.5) is 5.82 Å². The number of nitrogens with zero attached hydrogens (tertiary/aromatic N) is 4. The second-order valence-electron chi connectivity index (χ2n) is 8.74. The molecule has 5 heterocycles. The average molecular weight is 450 g/mol. The van der Waals surface area contributed by atoms with Crippen molar-refractivity contribution in [2.45, 2.75) is 52.2 Å². The largest absolute Gasteiger partial charge is 0.475 e. The summed E-state index contributed by atoms with van der Waals surface area (Å²) < 4.78 is 17.0. The average Bonchev–Trinajstić information content (AvgIpc) is 3.30. The number of ether oxygens (including phenoxy) is 3. The van der Waals surface area contributed by atoms with Crippen LogP contribution < -0.4 is 10.5 Å². The van der Waals surface area contributed by atoms with E-state index in [1.807, 2.05) is 37.8 Å². The Morgan fingerprint density at radius 3 is 2.73 bits per heavy atom. The molecule has 9 nitrogen and oxygen atoms in total. The SMILES string of the molecule is CC(C)Oc1ccc([C@H]2COC[C@@H](C)N2C(=O)c2cc3c4c(c(N)nc3cn2)COC4)cn1. The summed E-state index contributed by atoms with van der Waals surface area (Å²) in [5.74, 6) is 0.843. The maximum Gasteiger partial charge on any atom is 0.273 e. The van der Waals surface area contributed by atoms with Gasteiger partial charge in [0.15, 0.2) is 0 Å². The summed E-state index contributed by atoms with van der Waals surface area (Å²) >= 11 is 0. The van der Waals surface area contributed by atoms with Crippen LogP contribution in [-0.2, 0) is 22.7 Å². The fourth-order valence-electron chi connectivity index (χ4n) is 4.44. The standard InChI is InChI=1S/C24H27N5O4/c1-13(2)33-22-5-4-15(7-27-22)21-12-31-9-14(3)29(21)24(30)19-6-16-17-10-32-11-18(17)23(25)28-20(16)8-26-19/h4-8,13-14,21H,9-12H2,1-3H3,(H2,25,28)/t14-,21-/m1/s1. The molecule has 0 aromatic carbocycles. The first kappa shape index (κ1) is 21.5. The van der Waals surface area contributed by atoms with Gasteiger partial charge in [0.05, 0.1) is 56.3 Å². The number of hydrogen-bond acceptors (Lipinski definition) is 8. The number of carbonyl (C=O) groups excluding carboxylic acids is 1. The number of nitrogen functional groups attached to an aromatic ring is 1. The maximum atomic E-state index is 13.7. The third kappa shape index (κ3) is 3.98. The molecule has 2 aliphatic heterocycles. The molecule has 1 saturated heterocycles. The minimum absolute atomic E-state index is 0.0372. The van der Waals surface area contributed by atoms with Crippen molar-refractivity contribution in [2.24, 2.45) is 0 Å². The minimum Gasteiger partial charge on any atom is -0.475 e. The Bertz CT molecular complexity index is 1200. The first-order chi connectivity index (χ1) is 15.9. The van der Waals surface area contributed by atoms with Crippen LogP contribution in [0.5, 0.6) is 5.88 Å². The van der Waals surface area contributed by atoms with E-state index in [0.717, 1.165) is 22.1 Å². The molecule has 2 atom stereocenters. The number of anilines is 1. The van der Waals surface area contributed by atoms with Gasteiger partial charge >= 0.3 is 0 Å². The molecule has 0 saturated carbocycles. The zero-order valence-electron chi connectivity index (χ0n) is 18.9. The van der Waals surface area contributed by atoms with E-state index in [9.17, 15) is 4.79 Å². The van der Waals surface area contributed by atoms with Gasteiger partial charge in [-0.15, -0.1) is 0 Å². The summed E-state index contributed by atoms with van der Waals surface area (Å²) in [4.78, 5) is 28.8. The Morgan fingerprint density at radius 1 is 1.15 bits per heavy atom. The molecule has 0 radical (unpaired) electrons. The molecule has 1 amide bonds. The van der Waals surface area contributed by atoms with Crippen molar-refractivity contribution in [1.82, 2.24) is 19.9 Å². The van der Waals surface area contributed by atoms with Gasteiger partial charge in [0, 0.05) is 23.2 Å². The Labute approximate surface area is 191 Å². The molecule has 9 heteroatoms. The second kappa shape index (κ2) is 8.57. The lowest BCUT2D eigenvalue weighted by atomic mass is 10.0. The number of amides is 1. The molecule has 3 aromatic rings. The Hall–Kier alpha value is -3.30. The molecular weight excluding hydrogens is 422 g/mol.